The molecule has 2 heterocycles. The Morgan fingerprint density at radius 3 is 3.08 bits per heavy atom. The van der Waals surface area contributed by atoms with E-state index < -0.39 is 0 Å². The highest BCUT2D eigenvalue weighted by atomic mass is 32.2. The molecule has 2 nitrogen and oxygen atoms in total. The molecule has 70 valence electrons. The Bertz CT molecular complexity index is 297. The second-order valence-corrected chi connectivity index (χ2v) is 5.12. The minimum absolute atomic E-state index is 0.204. The first-order valence-corrected chi connectivity index (χ1v) is 5.42. The molecular formula is C10H12O2S. The third-order valence-corrected chi connectivity index (χ3v) is 4.00. The second-order valence-electron chi connectivity index (χ2n) is 3.52. The summed E-state index contributed by atoms with van der Waals surface area (Å²) in [7, 11) is 0. The predicted octanol–water partition coefficient (Wildman–Crippen LogP) is 2.75. The van der Waals surface area contributed by atoms with Gasteiger partial charge in [0.15, 0.2) is 5.78 Å². The SMILES string of the molecule is CC1(C(=O)c2ccoc2)CCCS1. The number of Topliss-reactive ketones (excluding diaryl/α,β-unsaturated/α-hetero) is 1. The van der Waals surface area contributed by atoms with Gasteiger partial charge < -0.3 is 4.42 Å². The van der Waals surface area contributed by atoms with Gasteiger partial charge in [0, 0.05) is 0 Å². The molecule has 2 rings (SSSR count). The molecule has 1 aromatic rings. The average molecular weight is 196 g/mol. The Balaban J connectivity index is 2.21. The fourth-order valence-electron chi connectivity index (χ4n) is 1.66. The Kier molecular flexibility index (Phi) is 2.20. The maximum atomic E-state index is 11.9. The van der Waals surface area contributed by atoms with Gasteiger partial charge in [-0.2, -0.15) is 0 Å². The number of ketones is 1. The Morgan fingerprint density at radius 1 is 1.69 bits per heavy atom. The van der Waals surface area contributed by atoms with Crippen LogP contribution in [0, 0.1) is 0 Å². The lowest BCUT2D eigenvalue weighted by molar-refractivity contribution is 0.0948. The summed E-state index contributed by atoms with van der Waals surface area (Å²) in [5.41, 5.74) is 0.705. The molecule has 0 amide bonds. The van der Waals surface area contributed by atoms with E-state index in [9.17, 15) is 4.79 Å². The fourth-order valence-corrected chi connectivity index (χ4v) is 2.93. The van der Waals surface area contributed by atoms with Gasteiger partial charge in [-0.15, -0.1) is 11.8 Å². The number of hydrogen-bond acceptors (Lipinski definition) is 3. The monoisotopic (exact) mass is 196 g/mol. The van der Waals surface area contributed by atoms with E-state index in [1.54, 1.807) is 24.1 Å². The third-order valence-electron chi connectivity index (χ3n) is 2.48. The highest BCUT2D eigenvalue weighted by Gasteiger charge is 2.37. The van der Waals surface area contributed by atoms with Gasteiger partial charge in [0.2, 0.25) is 0 Å². The van der Waals surface area contributed by atoms with Crippen molar-refractivity contribution in [2.45, 2.75) is 24.5 Å². The number of carbonyl (C=O) groups is 1. The molecule has 0 radical (unpaired) electrons. The highest BCUT2D eigenvalue weighted by molar-refractivity contribution is 8.01. The second kappa shape index (κ2) is 3.22. The van der Waals surface area contributed by atoms with Crippen molar-refractivity contribution < 1.29 is 9.21 Å². The number of hydrogen-bond donors (Lipinski definition) is 0. The van der Waals surface area contributed by atoms with Gasteiger partial charge in [-0.05, 0) is 31.6 Å². The molecule has 1 atom stereocenters. The molecule has 0 spiro atoms. The van der Waals surface area contributed by atoms with Crippen molar-refractivity contribution in [1.82, 2.24) is 0 Å². The van der Waals surface area contributed by atoms with Crippen LogP contribution in [0.5, 0.6) is 0 Å². The molecule has 3 heteroatoms. The summed E-state index contributed by atoms with van der Waals surface area (Å²) in [5, 5.41) is 0. The number of thioether (sulfide) groups is 1. The summed E-state index contributed by atoms with van der Waals surface area (Å²) in [6.07, 6.45) is 5.22. The van der Waals surface area contributed by atoms with Crippen LogP contribution in [0.25, 0.3) is 0 Å². The van der Waals surface area contributed by atoms with Gasteiger partial charge in [-0.1, -0.05) is 0 Å². The van der Waals surface area contributed by atoms with Crippen molar-refractivity contribution >= 4 is 17.5 Å². The lowest BCUT2D eigenvalue weighted by atomic mass is 9.96. The molecule has 0 saturated carbocycles. The largest absolute Gasteiger partial charge is 0.472 e. The molecule has 0 aliphatic carbocycles. The number of rotatable bonds is 2. The summed E-state index contributed by atoms with van der Waals surface area (Å²) >= 11 is 1.76. The Labute approximate surface area is 81.7 Å². The van der Waals surface area contributed by atoms with Gasteiger partial charge in [0.1, 0.15) is 6.26 Å². The van der Waals surface area contributed by atoms with Gasteiger partial charge in [0.05, 0.1) is 16.6 Å². The zero-order valence-electron chi connectivity index (χ0n) is 7.58. The van der Waals surface area contributed by atoms with Crippen LogP contribution in [0.4, 0.5) is 0 Å². The first-order valence-electron chi connectivity index (χ1n) is 4.43. The minimum atomic E-state index is -0.204. The molecule has 1 aromatic heterocycles. The molecule has 1 saturated heterocycles. The zero-order valence-corrected chi connectivity index (χ0v) is 8.39. The van der Waals surface area contributed by atoms with Crippen molar-refractivity contribution in [2.75, 3.05) is 5.75 Å². The van der Waals surface area contributed by atoms with E-state index in [1.807, 2.05) is 6.92 Å². The topological polar surface area (TPSA) is 30.2 Å². The zero-order chi connectivity index (χ0) is 9.31. The predicted molar refractivity (Wildman–Crippen MR) is 53.1 cm³/mol. The van der Waals surface area contributed by atoms with Crippen LogP contribution < -0.4 is 0 Å². The Morgan fingerprint density at radius 2 is 2.54 bits per heavy atom. The smallest absolute Gasteiger partial charge is 0.181 e. The first kappa shape index (κ1) is 8.88. The fraction of sp³-hybridized carbons (Fsp3) is 0.500. The van der Waals surface area contributed by atoms with Crippen LogP contribution in [-0.2, 0) is 0 Å². The van der Waals surface area contributed by atoms with E-state index in [4.69, 9.17) is 4.42 Å². The van der Waals surface area contributed by atoms with Crippen molar-refractivity contribution in [3.63, 3.8) is 0 Å². The summed E-state index contributed by atoms with van der Waals surface area (Å²) in [4.78, 5) is 11.9. The van der Waals surface area contributed by atoms with E-state index in [0.717, 1.165) is 18.6 Å². The quantitative estimate of drug-likeness (QED) is 0.681. The van der Waals surface area contributed by atoms with E-state index in [2.05, 4.69) is 0 Å². The third kappa shape index (κ3) is 1.53. The summed E-state index contributed by atoms with van der Waals surface area (Å²) < 4.78 is 4.71. The minimum Gasteiger partial charge on any atom is -0.472 e. The molecule has 0 bridgehead atoms. The van der Waals surface area contributed by atoms with E-state index >= 15 is 0 Å². The average Bonchev–Trinajstić information content (AvgIpc) is 2.73. The van der Waals surface area contributed by atoms with Gasteiger partial charge in [-0.3, -0.25) is 4.79 Å². The van der Waals surface area contributed by atoms with Crippen molar-refractivity contribution in [3.8, 4) is 0 Å². The van der Waals surface area contributed by atoms with Crippen molar-refractivity contribution in [2.24, 2.45) is 0 Å². The molecule has 1 aliphatic heterocycles. The van der Waals surface area contributed by atoms with Crippen LogP contribution in [0.2, 0.25) is 0 Å². The maximum Gasteiger partial charge on any atom is 0.181 e. The van der Waals surface area contributed by atoms with Gasteiger partial charge in [-0.25, -0.2) is 0 Å². The highest BCUT2D eigenvalue weighted by Crippen LogP contribution is 2.40. The van der Waals surface area contributed by atoms with E-state index in [-0.39, 0.29) is 10.5 Å². The molecule has 1 aliphatic rings. The summed E-state index contributed by atoms with van der Waals surface area (Å²) in [6.45, 7) is 2.03. The molecule has 0 N–H and O–H groups in total. The normalized spacial score (nSPS) is 27.8. The van der Waals surface area contributed by atoms with Crippen molar-refractivity contribution in [1.29, 1.82) is 0 Å². The van der Waals surface area contributed by atoms with Crippen LogP contribution in [0.1, 0.15) is 30.1 Å². The van der Waals surface area contributed by atoms with E-state index in [1.165, 1.54) is 6.26 Å². The standard InChI is InChI=1S/C10H12O2S/c1-10(4-2-6-13-10)9(11)8-3-5-12-7-8/h3,5,7H,2,4,6H2,1H3. The molecule has 13 heavy (non-hydrogen) atoms. The lowest BCUT2D eigenvalue weighted by Gasteiger charge is -2.19. The van der Waals surface area contributed by atoms with Crippen LogP contribution in [-0.4, -0.2) is 16.3 Å². The number of furan rings is 1. The van der Waals surface area contributed by atoms with Gasteiger partial charge >= 0.3 is 0 Å². The molecule has 1 unspecified atom stereocenters. The number of carbonyl (C=O) groups excluding carboxylic acids is 1. The van der Waals surface area contributed by atoms with Gasteiger partial charge in [0.25, 0.3) is 0 Å². The molecule has 1 fully saturated rings. The van der Waals surface area contributed by atoms with Crippen molar-refractivity contribution in [3.05, 3.63) is 24.2 Å². The lowest BCUT2D eigenvalue weighted by Crippen LogP contribution is -2.28. The Hall–Kier alpha value is -0.700. The molecular weight excluding hydrogens is 184 g/mol. The van der Waals surface area contributed by atoms with Crippen LogP contribution in [0.15, 0.2) is 23.0 Å². The summed E-state index contributed by atoms with van der Waals surface area (Å²) in [5.74, 6) is 1.31. The summed E-state index contributed by atoms with van der Waals surface area (Å²) in [6, 6.07) is 1.74. The first-order chi connectivity index (χ1) is 6.22. The van der Waals surface area contributed by atoms with Crippen LogP contribution in [0.3, 0.4) is 0 Å². The van der Waals surface area contributed by atoms with E-state index in [0.29, 0.717) is 5.56 Å². The molecule has 0 aromatic carbocycles. The maximum absolute atomic E-state index is 11.9. The van der Waals surface area contributed by atoms with Crippen LogP contribution >= 0.6 is 11.8 Å².